The van der Waals surface area contributed by atoms with Crippen LogP contribution >= 0.6 is 0 Å². The van der Waals surface area contributed by atoms with Gasteiger partial charge in [0, 0.05) is 11.1 Å². The first kappa shape index (κ1) is 24.3. The van der Waals surface area contributed by atoms with Crippen molar-refractivity contribution < 1.29 is 18.7 Å². The highest BCUT2D eigenvalue weighted by Crippen LogP contribution is 2.32. The Morgan fingerprint density at radius 2 is 1.31 bits per heavy atom. The second-order valence-electron chi connectivity index (χ2n) is 8.36. The van der Waals surface area contributed by atoms with Gasteiger partial charge in [0.1, 0.15) is 5.75 Å². The predicted octanol–water partition coefficient (Wildman–Crippen LogP) is 7.44. The van der Waals surface area contributed by atoms with Crippen molar-refractivity contribution in [1.29, 1.82) is 0 Å². The fraction of sp³-hybridized carbons (Fsp3) is 0.310. The second-order valence-corrected chi connectivity index (χ2v) is 8.36. The first-order valence-electron chi connectivity index (χ1n) is 12.1. The van der Waals surface area contributed by atoms with Crippen LogP contribution in [-0.2, 0) is 0 Å². The molecular weight excluding hydrogens is 440 g/mol. The van der Waals surface area contributed by atoms with Crippen molar-refractivity contribution >= 4 is 0 Å². The summed E-state index contributed by atoms with van der Waals surface area (Å²) in [4.78, 5) is 4.56. The Bertz CT molecular complexity index is 1200. The summed E-state index contributed by atoms with van der Waals surface area (Å²) in [6.45, 7) is 3.00. The number of hydrogen-bond acceptors (Lipinski definition) is 6. The summed E-state index contributed by atoms with van der Waals surface area (Å²) < 4.78 is 22.0. The zero-order valence-electron chi connectivity index (χ0n) is 20.6. The Kier molecular flexibility index (Phi) is 8.39. The third kappa shape index (κ3) is 6.21. The zero-order chi connectivity index (χ0) is 24.5. The number of rotatable bonds is 12. The molecule has 1 heterocycles. The molecule has 0 fully saturated rings. The molecule has 0 bridgehead atoms. The van der Waals surface area contributed by atoms with Crippen LogP contribution in [0.4, 0.5) is 0 Å². The Labute approximate surface area is 206 Å². The fourth-order valence-electron chi connectivity index (χ4n) is 3.88. The largest absolute Gasteiger partial charge is 0.494 e. The third-order valence-electron chi connectivity index (χ3n) is 5.90. The molecule has 0 amide bonds. The smallest absolute Gasteiger partial charge is 0.258 e. The summed E-state index contributed by atoms with van der Waals surface area (Å²) in [6, 6.07) is 21.9. The Hall–Kier alpha value is -3.80. The first-order chi connectivity index (χ1) is 17.2. The van der Waals surface area contributed by atoms with Gasteiger partial charge in [-0.1, -0.05) is 74.2 Å². The van der Waals surface area contributed by atoms with Gasteiger partial charge in [0.15, 0.2) is 11.5 Å². The number of ether oxygens (including phenoxy) is 3. The van der Waals surface area contributed by atoms with E-state index in [2.05, 4.69) is 41.3 Å². The molecule has 4 rings (SSSR count). The van der Waals surface area contributed by atoms with Crippen LogP contribution < -0.4 is 14.2 Å². The van der Waals surface area contributed by atoms with Crippen LogP contribution in [0.1, 0.15) is 39.0 Å². The highest BCUT2D eigenvalue weighted by molar-refractivity contribution is 5.69. The van der Waals surface area contributed by atoms with Gasteiger partial charge >= 0.3 is 0 Å². The first-order valence-corrected chi connectivity index (χ1v) is 12.1. The molecule has 0 aliphatic heterocycles. The molecule has 35 heavy (non-hydrogen) atoms. The van der Waals surface area contributed by atoms with Crippen molar-refractivity contribution in [3.05, 3.63) is 66.7 Å². The lowest BCUT2D eigenvalue weighted by Crippen LogP contribution is -1.97. The van der Waals surface area contributed by atoms with E-state index >= 15 is 0 Å². The maximum Gasteiger partial charge on any atom is 0.258 e. The molecule has 182 valence electrons. The highest BCUT2D eigenvalue weighted by atomic mass is 16.5. The fourth-order valence-corrected chi connectivity index (χ4v) is 3.88. The summed E-state index contributed by atoms with van der Waals surface area (Å²) in [5, 5.41) is 4.15. The maximum atomic E-state index is 5.88. The van der Waals surface area contributed by atoms with Crippen LogP contribution in [0, 0.1) is 0 Å². The SMILES string of the molecule is CCCCCCCOc1ccc(-c2ccc(-c3noc(-c4ccc(OC)c(OC)c4)n3)cc2)cc1. The monoisotopic (exact) mass is 472 g/mol. The molecule has 0 aliphatic carbocycles. The quantitative estimate of drug-likeness (QED) is 0.200. The lowest BCUT2D eigenvalue weighted by Gasteiger charge is -2.08. The van der Waals surface area contributed by atoms with Gasteiger partial charge in [-0.2, -0.15) is 4.98 Å². The minimum absolute atomic E-state index is 0.422. The van der Waals surface area contributed by atoms with Gasteiger partial charge < -0.3 is 18.7 Å². The van der Waals surface area contributed by atoms with Crippen molar-refractivity contribution in [3.63, 3.8) is 0 Å². The summed E-state index contributed by atoms with van der Waals surface area (Å²) in [5.74, 6) is 3.12. The summed E-state index contributed by atoms with van der Waals surface area (Å²) in [6.07, 6.45) is 6.19. The predicted molar refractivity (Wildman–Crippen MR) is 138 cm³/mol. The van der Waals surface area contributed by atoms with Crippen molar-refractivity contribution in [2.45, 2.75) is 39.0 Å². The number of unbranched alkanes of at least 4 members (excludes halogenated alkanes) is 4. The van der Waals surface area contributed by atoms with Gasteiger partial charge in [-0.15, -0.1) is 0 Å². The average Bonchev–Trinajstić information content (AvgIpc) is 3.41. The van der Waals surface area contributed by atoms with Crippen molar-refractivity contribution in [2.75, 3.05) is 20.8 Å². The van der Waals surface area contributed by atoms with Crippen LogP contribution in [0.5, 0.6) is 17.2 Å². The number of nitrogens with zero attached hydrogens (tertiary/aromatic N) is 2. The molecule has 0 N–H and O–H groups in total. The van der Waals surface area contributed by atoms with Gasteiger partial charge in [-0.05, 0) is 47.9 Å². The number of benzene rings is 3. The molecule has 4 aromatic rings. The zero-order valence-corrected chi connectivity index (χ0v) is 20.6. The standard InChI is InChI=1S/C29H32N2O4/c1-4-5-6-7-8-19-34-25-16-13-22(14-17-25)21-9-11-23(12-10-21)28-30-29(35-31-28)24-15-18-26(32-2)27(20-24)33-3/h9-18,20H,4-8,19H2,1-3H3. The van der Waals surface area contributed by atoms with Crippen LogP contribution in [0.2, 0.25) is 0 Å². The van der Waals surface area contributed by atoms with Gasteiger partial charge in [0.25, 0.3) is 5.89 Å². The Balaban J connectivity index is 1.38. The van der Waals surface area contributed by atoms with E-state index in [1.807, 2.05) is 42.5 Å². The number of aromatic nitrogens is 2. The lowest BCUT2D eigenvalue weighted by molar-refractivity contribution is 0.304. The minimum atomic E-state index is 0.422. The van der Waals surface area contributed by atoms with Crippen molar-refractivity contribution in [2.24, 2.45) is 0 Å². The van der Waals surface area contributed by atoms with E-state index in [4.69, 9.17) is 18.7 Å². The van der Waals surface area contributed by atoms with Crippen molar-refractivity contribution in [1.82, 2.24) is 10.1 Å². The van der Waals surface area contributed by atoms with E-state index in [-0.39, 0.29) is 0 Å². The van der Waals surface area contributed by atoms with Gasteiger partial charge in [-0.25, -0.2) is 0 Å². The molecule has 0 atom stereocenters. The van der Waals surface area contributed by atoms with Crippen molar-refractivity contribution in [3.8, 4) is 51.2 Å². The molecular formula is C29H32N2O4. The minimum Gasteiger partial charge on any atom is -0.494 e. The number of hydrogen-bond donors (Lipinski definition) is 0. The Morgan fingerprint density at radius 3 is 2.00 bits per heavy atom. The van der Waals surface area contributed by atoms with Gasteiger partial charge in [0.2, 0.25) is 5.82 Å². The maximum absolute atomic E-state index is 5.88. The van der Waals surface area contributed by atoms with Crippen LogP contribution in [0.3, 0.4) is 0 Å². The topological polar surface area (TPSA) is 66.6 Å². The van der Waals surface area contributed by atoms with E-state index in [1.165, 1.54) is 25.7 Å². The van der Waals surface area contributed by atoms with Gasteiger partial charge in [0.05, 0.1) is 20.8 Å². The van der Waals surface area contributed by atoms with E-state index < -0.39 is 0 Å². The highest BCUT2D eigenvalue weighted by Gasteiger charge is 2.13. The molecule has 1 aromatic heterocycles. The van der Waals surface area contributed by atoms with E-state index in [9.17, 15) is 0 Å². The molecule has 0 radical (unpaired) electrons. The summed E-state index contributed by atoms with van der Waals surface area (Å²) in [5.41, 5.74) is 3.89. The third-order valence-corrected chi connectivity index (χ3v) is 5.90. The van der Waals surface area contributed by atoms with E-state index in [0.717, 1.165) is 41.0 Å². The average molecular weight is 473 g/mol. The van der Waals surface area contributed by atoms with Gasteiger partial charge in [-0.3, -0.25) is 0 Å². The number of methoxy groups -OCH3 is 2. The molecule has 6 heteroatoms. The van der Waals surface area contributed by atoms with E-state index in [1.54, 1.807) is 14.2 Å². The molecule has 0 saturated carbocycles. The Morgan fingerprint density at radius 1 is 0.686 bits per heavy atom. The molecule has 0 unspecified atom stereocenters. The molecule has 0 spiro atoms. The summed E-state index contributed by atoms with van der Waals surface area (Å²) in [7, 11) is 3.20. The molecule has 6 nitrogen and oxygen atoms in total. The lowest BCUT2D eigenvalue weighted by atomic mass is 10.0. The van der Waals surface area contributed by atoms with E-state index in [0.29, 0.717) is 23.2 Å². The van der Waals surface area contributed by atoms with Crippen LogP contribution in [-0.4, -0.2) is 31.0 Å². The normalized spacial score (nSPS) is 10.8. The molecule has 0 saturated heterocycles. The molecule has 3 aromatic carbocycles. The second kappa shape index (κ2) is 12.1. The van der Waals surface area contributed by atoms with Crippen LogP contribution in [0.25, 0.3) is 34.0 Å². The summed E-state index contributed by atoms with van der Waals surface area (Å²) >= 11 is 0. The molecule has 0 aliphatic rings. The van der Waals surface area contributed by atoms with Crippen LogP contribution in [0.15, 0.2) is 71.3 Å².